The van der Waals surface area contributed by atoms with Gasteiger partial charge in [0.05, 0.1) is 11.3 Å². The van der Waals surface area contributed by atoms with Gasteiger partial charge in [0.1, 0.15) is 5.82 Å². The molecule has 0 radical (unpaired) electrons. The van der Waals surface area contributed by atoms with E-state index in [1.807, 2.05) is 14.1 Å². The Bertz CT molecular complexity index is 708. The number of aromatic nitrogens is 1. The molecule has 2 rings (SSSR count). The third kappa shape index (κ3) is 3.25. The summed E-state index contributed by atoms with van der Waals surface area (Å²) in [6.45, 7) is 1.49. The van der Waals surface area contributed by atoms with Crippen LogP contribution in [0.2, 0.25) is 0 Å². The number of anilines is 1. The lowest BCUT2D eigenvalue weighted by Crippen LogP contribution is -2.12. The molecule has 0 fully saturated rings. The zero-order chi connectivity index (χ0) is 15.6. The number of carboxylic acid groups (broad SMARTS) is 1. The zero-order valence-electron chi connectivity index (χ0n) is 12.1. The van der Waals surface area contributed by atoms with Crippen molar-refractivity contribution in [3.05, 3.63) is 47.5 Å². The summed E-state index contributed by atoms with van der Waals surface area (Å²) in [5.74, 6) is -0.401. The molecule has 0 saturated carbocycles. The minimum atomic E-state index is -0.993. The molecule has 1 aromatic heterocycles. The molecule has 0 spiro atoms. The second-order valence-corrected chi connectivity index (χ2v) is 4.94. The van der Waals surface area contributed by atoms with E-state index in [2.05, 4.69) is 4.98 Å². The maximum Gasteiger partial charge on any atom is 0.335 e. The summed E-state index contributed by atoms with van der Waals surface area (Å²) in [7, 11) is 3.67. The number of carbonyl (C=O) groups is 2. The van der Waals surface area contributed by atoms with E-state index in [0.29, 0.717) is 22.6 Å². The van der Waals surface area contributed by atoms with E-state index in [4.69, 9.17) is 5.11 Å². The number of aromatic carboxylic acids is 1. The summed E-state index contributed by atoms with van der Waals surface area (Å²) < 4.78 is 0. The molecule has 0 amide bonds. The van der Waals surface area contributed by atoms with Crippen LogP contribution in [0.15, 0.2) is 36.4 Å². The van der Waals surface area contributed by atoms with Crippen LogP contribution in [0.4, 0.5) is 5.82 Å². The molecule has 2 aromatic rings. The number of Topliss-reactive ketones (excluding diaryl/α,β-unsaturated/α-hetero) is 1. The lowest BCUT2D eigenvalue weighted by molar-refractivity contribution is 0.0696. The third-order valence-corrected chi connectivity index (χ3v) is 3.08. The van der Waals surface area contributed by atoms with Crippen LogP contribution in [0.5, 0.6) is 0 Å². The van der Waals surface area contributed by atoms with Gasteiger partial charge in [0.15, 0.2) is 5.78 Å². The van der Waals surface area contributed by atoms with E-state index in [0.717, 1.165) is 0 Å². The van der Waals surface area contributed by atoms with Crippen molar-refractivity contribution in [2.75, 3.05) is 19.0 Å². The monoisotopic (exact) mass is 284 g/mol. The molecule has 0 unspecified atom stereocenters. The Morgan fingerprint density at radius 3 is 2.38 bits per heavy atom. The Kier molecular flexibility index (Phi) is 4.03. The Balaban J connectivity index is 2.59. The smallest absolute Gasteiger partial charge is 0.335 e. The summed E-state index contributed by atoms with van der Waals surface area (Å²) in [4.78, 5) is 29.0. The number of hydrogen-bond acceptors (Lipinski definition) is 4. The molecule has 0 atom stereocenters. The van der Waals surface area contributed by atoms with Crippen LogP contribution in [0.25, 0.3) is 11.3 Å². The molecule has 0 aliphatic rings. The summed E-state index contributed by atoms with van der Waals surface area (Å²) in [6, 6.07) is 9.90. The number of ketones is 1. The quantitative estimate of drug-likeness (QED) is 0.874. The Morgan fingerprint density at radius 1 is 1.10 bits per heavy atom. The molecule has 5 heteroatoms. The Labute approximate surface area is 122 Å². The van der Waals surface area contributed by atoms with E-state index >= 15 is 0 Å². The second kappa shape index (κ2) is 5.75. The van der Waals surface area contributed by atoms with E-state index < -0.39 is 5.97 Å². The van der Waals surface area contributed by atoms with Gasteiger partial charge in [-0.1, -0.05) is 12.1 Å². The first-order valence-corrected chi connectivity index (χ1v) is 6.42. The molecule has 5 nitrogen and oxygen atoms in total. The number of rotatable bonds is 4. The van der Waals surface area contributed by atoms with Gasteiger partial charge in [-0.05, 0) is 31.2 Å². The molecule has 108 valence electrons. The van der Waals surface area contributed by atoms with Crippen molar-refractivity contribution in [2.45, 2.75) is 6.92 Å². The van der Waals surface area contributed by atoms with E-state index in [-0.39, 0.29) is 11.3 Å². The summed E-state index contributed by atoms with van der Waals surface area (Å²) >= 11 is 0. The highest BCUT2D eigenvalue weighted by Crippen LogP contribution is 2.23. The zero-order valence-corrected chi connectivity index (χ0v) is 12.1. The largest absolute Gasteiger partial charge is 0.478 e. The fourth-order valence-electron chi connectivity index (χ4n) is 1.91. The van der Waals surface area contributed by atoms with Gasteiger partial charge in [-0.25, -0.2) is 9.78 Å². The van der Waals surface area contributed by atoms with Crippen molar-refractivity contribution in [3.8, 4) is 11.3 Å². The molecule has 0 aliphatic carbocycles. The standard InChI is InChI=1S/C16H16N2O3/c1-10(19)13-8-14(17-15(9-13)18(2)3)11-5-4-6-12(7-11)16(20)21/h4-9H,1-3H3,(H,20,21). The van der Waals surface area contributed by atoms with E-state index in [1.165, 1.54) is 13.0 Å². The SMILES string of the molecule is CC(=O)c1cc(-c2cccc(C(=O)O)c2)nc(N(C)C)c1. The normalized spacial score (nSPS) is 10.2. The van der Waals surface area contributed by atoms with Gasteiger partial charge in [0.25, 0.3) is 0 Å². The van der Waals surface area contributed by atoms with Crippen LogP contribution in [-0.4, -0.2) is 35.9 Å². The highest BCUT2D eigenvalue weighted by atomic mass is 16.4. The first kappa shape index (κ1) is 14.7. The van der Waals surface area contributed by atoms with Crippen molar-refractivity contribution in [1.29, 1.82) is 0 Å². The van der Waals surface area contributed by atoms with Crippen LogP contribution in [0, 0.1) is 0 Å². The van der Waals surface area contributed by atoms with Crippen molar-refractivity contribution in [2.24, 2.45) is 0 Å². The van der Waals surface area contributed by atoms with Crippen molar-refractivity contribution >= 4 is 17.6 Å². The van der Waals surface area contributed by atoms with E-state index in [1.54, 1.807) is 35.2 Å². The average Bonchev–Trinajstić information content (AvgIpc) is 2.46. The average molecular weight is 284 g/mol. The summed E-state index contributed by atoms with van der Waals surface area (Å²) in [5.41, 5.74) is 1.98. The number of hydrogen-bond donors (Lipinski definition) is 1. The van der Waals surface area contributed by atoms with Gasteiger partial charge in [-0.2, -0.15) is 0 Å². The van der Waals surface area contributed by atoms with Gasteiger partial charge >= 0.3 is 5.97 Å². The molecular formula is C16H16N2O3. The van der Waals surface area contributed by atoms with Gasteiger partial charge in [0, 0.05) is 25.2 Å². The number of pyridine rings is 1. The van der Waals surface area contributed by atoms with Crippen LogP contribution >= 0.6 is 0 Å². The minimum Gasteiger partial charge on any atom is -0.478 e. The second-order valence-electron chi connectivity index (χ2n) is 4.94. The van der Waals surface area contributed by atoms with Gasteiger partial charge in [0.2, 0.25) is 0 Å². The maximum absolute atomic E-state index is 11.6. The van der Waals surface area contributed by atoms with Crippen molar-refractivity contribution in [3.63, 3.8) is 0 Å². The van der Waals surface area contributed by atoms with Crippen molar-refractivity contribution in [1.82, 2.24) is 4.98 Å². The highest BCUT2D eigenvalue weighted by Gasteiger charge is 2.11. The Morgan fingerprint density at radius 2 is 1.81 bits per heavy atom. The molecule has 0 bridgehead atoms. The predicted molar refractivity (Wildman–Crippen MR) is 81.0 cm³/mol. The number of nitrogens with zero attached hydrogens (tertiary/aromatic N) is 2. The van der Waals surface area contributed by atoms with Crippen LogP contribution < -0.4 is 4.90 Å². The summed E-state index contributed by atoms with van der Waals surface area (Å²) in [5, 5.41) is 9.06. The van der Waals surface area contributed by atoms with E-state index in [9.17, 15) is 9.59 Å². The minimum absolute atomic E-state index is 0.0591. The van der Waals surface area contributed by atoms with Crippen molar-refractivity contribution < 1.29 is 14.7 Å². The molecular weight excluding hydrogens is 268 g/mol. The topological polar surface area (TPSA) is 70.5 Å². The van der Waals surface area contributed by atoms with Gasteiger partial charge < -0.3 is 10.0 Å². The molecule has 1 heterocycles. The molecule has 1 aromatic carbocycles. The molecule has 0 saturated heterocycles. The molecule has 1 N–H and O–H groups in total. The maximum atomic E-state index is 11.6. The van der Waals surface area contributed by atoms with Gasteiger partial charge in [-0.15, -0.1) is 0 Å². The van der Waals surface area contributed by atoms with Crippen LogP contribution in [0.1, 0.15) is 27.6 Å². The fourth-order valence-corrected chi connectivity index (χ4v) is 1.91. The van der Waals surface area contributed by atoms with Crippen LogP contribution in [-0.2, 0) is 0 Å². The Hall–Kier alpha value is -2.69. The predicted octanol–water partition coefficient (Wildman–Crippen LogP) is 2.72. The highest BCUT2D eigenvalue weighted by molar-refractivity contribution is 5.96. The summed E-state index contributed by atoms with van der Waals surface area (Å²) in [6.07, 6.45) is 0. The molecule has 0 aliphatic heterocycles. The number of carbonyl (C=O) groups excluding carboxylic acids is 1. The lowest BCUT2D eigenvalue weighted by atomic mass is 10.0. The molecule has 21 heavy (non-hydrogen) atoms. The first-order chi connectivity index (χ1) is 9.88. The number of benzene rings is 1. The third-order valence-electron chi connectivity index (χ3n) is 3.08. The number of carboxylic acids is 1. The van der Waals surface area contributed by atoms with Crippen LogP contribution in [0.3, 0.4) is 0 Å². The van der Waals surface area contributed by atoms with Gasteiger partial charge in [-0.3, -0.25) is 4.79 Å². The fraction of sp³-hybridized carbons (Fsp3) is 0.188. The lowest BCUT2D eigenvalue weighted by Gasteiger charge is -2.14. The first-order valence-electron chi connectivity index (χ1n) is 6.42.